The number of nitrogens with one attached hydrogen (secondary N) is 1. The fourth-order valence-corrected chi connectivity index (χ4v) is 2.17. The largest absolute Gasteiger partial charge is 0.361 e. The Labute approximate surface area is 90.1 Å². The van der Waals surface area contributed by atoms with E-state index >= 15 is 0 Å². The van der Waals surface area contributed by atoms with Crippen molar-refractivity contribution in [3.8, 4) is 0 Å². The number of hydrogen-bond donors (Lipinski definition) is 1. The Hall–Kier alpha value is -1.51. The van der Waals surface area contributed by atoms with Gasteiger partial charge in [0.15, 0.2) is 0 Å². The fourth-order valence-electron chi connectivity index (χ4n) is 2.17. The number of para-hydroxylation sites is 2. The third-order valence-electron chi connectivity index (χ3n) is 2.86. The third-order valence-corrected chi connectivity index (χ3v) is 2.86. The summed E-state index contributed by atoms with van der Waals surface area (Å²) in [6, 6.07) is 7.82. The van der Waals surface area contributed by atoms with Gasteiger partial charge in [0.2, 0.25) is 5.91 Å². The summed E-state index contributed by atoms with van der Waals surface area (Å²) in [5.74, 6) is 0.398. The van der Waals surface area contributed by atoms with Crippen LogP contribution in [0.1, 0.15) is 13.8 Å². The smallest absolute Gasteiger partial charge is 0.247 e. The summed E-state index contributed by atoms with van der Waals surface area (Å²) in [6.07, 6.45) is 0. The van der Waals surface area contributed by atoms with Gasteiger partial charge in [0.1, 0.15) is 6.04 Å². The summed E-state index contributed by atoms with van der Waals surface area (Å²) >= 11 is 0. The van der Waals surface area contributed by atoms with Crippen molar-refractivity contribution in [2.45, 2.75) is 19.9 Å². The number of carbonyl (C=O) groups is 1. The minimum Gasteiger partial charge on any atom is -0.361 e. The molecule has 0 saturated heterocycles. The predicted molar refractivity (Wildman–Crippen MR) is 62.1 cm³/mol. The molecular weight excluding hydrogens is 188 g/mol. The molecule has 80 valence electrons. The number of carbonyl (C=O) groups excluding carboxylic acids is 1. The van der Waals surface area contributed by atoms with Gasteiger partial charge in [-0.2, -0.15) is 0 Å². The zero-order valence-electron chi connectivity index (χ0n) is 9.32. The van der Waals surface area contributed by atoms with E-state index in [0.29, 0.717) is 5.92 Å². The fraction of sp³-hybridized carbons (Fsp3) is 0.417. The van der Waals surface area contributed by atoms with E-state index in [4.69, 9.17) is 0 Å². The van der Waals surface area contributed by atoms with Crippen molar-refractivity contribution in [1.29, 1.82) is 0 Å². The molecule has 0 saturated carbocycles. The van der Waals surface area contributed by atoms with Crippen LogP contribution in [0.25, 0.3) is 0 Å². The highest BCUT2D eigenvalue weighted by Crippen LogP contribution is 2.32. The maximum Gasteiger partial charge on any atom is 0.247 e. The van der Waals surface area contributed by atoms with Crippen LogP contribution in [-0.4, -0.2) is 19.0 Å². The molecule has 1 aromatic rings. The molecule has 0 aliphatic carbocycles. The second-order valence-corrected chi connectivity index (χ2v) is 4.31. The first kappa shape index (κ1) is 10.0. The third kappa shape index (κ3) is 1.58. The lowest BCUT2D eigenvalue weighted by atomic mass is 9.98. The normalized spacial score (nSPS) is 20.1. The van der Waals surface area contributed by atoms with E-state index in [2.05, 4.69) is 24.1 Å². The van der Waals surface area contributed by atoms with Crippen LogP contribution in [0.15, 0.2) is 24.3 Å². The van der Waals surface area contributed by atoms with Crippen molar-refractivity contribution < 1.29 is 4.79 Å². The topological polar surface area (TPSA) is 32.3 Å². The van der Waals surface area contributed by atoms with Gasteiger partial charge in [-0.15, -0.1) is 0 Å². The number of amides is 1. The highest BCUT2D eigenvalue weighted by Gasteiger charge is 2.32. The van der Waals surface area contributed by atoms with E-state index in [1.165, 1.54) is 0 Å². The molecule has 1 aromatic carbocycles. The summed E-state index contributed by atoms with van der Waals surface area (Å²) in [7, 11) is 1.97. The number of nitrogens with zero attached hydrogens (tertiary/aromatic N) is 1. The molecular formula is C12H16N2O. The molecule has 1 unspecified atom stereocenters. The minimum atomic E-state index is -0.0695. The molecule has 0 radical (unpaired) electrons. The standard InChI is InChI=1S/C12H16N2O/c1-8(2)11-12(15)13-9-6-4-5-7-10(9)14(11)3/h4-8,11H,1-3H3,(H,13,15). The minimum absolute atomic E-state index is 0.0695. The van der Waals surface area contributed by atoms with Gasteiger partial charge in [0.25, 0.3) is 0 Å². The summed E-state index contributed by atoms with van der Waals surface area (Å²) in [4.78, 5) is 13.9. The van der Waals surface area contributed by atoms with E-state index in [1.54, 1.807) is 0 Å². The van der Waals surface area contributed by atoms with Gasteiger partial charge >= 0.3 is 0 Å². The van der Waals surface area contributed by atoms with Gasteiger partial charge in [0.05, 0.1) is 11.4 Å². The molecule has 0 bridgehead atoms. The van der Waals surface area contributed by atoms with Gasteiger partial charge in [-0.3, -0.25) is 4.79 Å². The number of benzene rings is 1. The maximum atomic E-state index is 11.9. The van der Waals surface area contributed by atoms with Gasteiger partial charge in [0, 0.05) is 7.05 Å². The summed E-state index contributed by atoms with van der Waals surface area (Å²) in [5.41, 5.74) is 2.00. The van der Waals surface area contributed by atoms with Crippen molar-refractivity contribution in [2.24, 2.45) is 5.92 Å². The number of anilines is 2. The first-order valence-corrected chi connectivity index (χ1v) is 5.24. The Morgan fingerprint density at radius 2 is 2.00 bits per heavy atom. The van der Waals surface area contributed by atoms with E-state index in [-0.39, 0.29) is 11.9 Å². The zero-order chi connectivity index (χ0) is 11.0. The Kier molecular flexibility index (Phi) is 2.39. The Bertz CT molecular complexity index is 387. The van der Waals surface area contributed by atoms with E-state index in [1.807, 2.05) is 31.3 Å². The van der Waals surface area contributed by atoms with Crippen LogP contribution in [0, 0.1) is 5.92 Å². The van der Waals surface area contributed by atoms with Gasteiger partial charge < -0.3 is 10.2 Å². The number of fused-ring (bicyclic) bond motifs is 1. The van der Waals surface area contributed by atoms with E-state index in [0.717, 1.165) is 11.4 Å². The predicted octanol–water partition coefficient (Wildman–Crippen LogP) is 2.10. The van der Waals surface area contributed by atoms with Crippen LogP contribution in [-0.2, 0) is 4.79 Å². The SMILES string of the molecule is CC(C)C1C(=O)Nc2ccccc2N1C. The van der Waals surface area contributed by atoms with Crippen molar-refractivity contribution in [3.05, 3.63) is 24.3 Å². The second kappa shape index (κ2) is 3.57. The Balaban J connectivity index is 2.43. The average Bonchev–Trinajstić information content (AvgIpc) is 2.17. The highest BCUT2D eigenvalue weighted by molar-refractivity contribution is 6.03. The molecule has 1 N–H and O–H groups in total. The van der Waals surface area contributed by atoms with E-state index in [9.17, 15) is 4.79 Å². The second-order valence-electron chi connectivity index (χ2n) is 4.31. The van der Waals surface area contributed by atoms with Crippen molar-refractivity contribution in [1.82, 2.24) is 0 Å². The molecule has 1 amide bonds. The first-order chi connectivity index (χ1) is 7.11. The number of rotatable bonds is 1. The molecule has 0 aromatic heterocycles. The van der Waals surface area contributed by atoms with Crippen LogP contribution < -0.4 is 10.2 Å². The zero-order valence-corrected chi connectivity index (χ0v) is 9.32. The quantitative estimate of drug-likeness (QED) is 0.759. The lowest BCUT2D eigenvalue weighted by Crippen LogP contribution is -2.49. The van der Waals surface area contributed by atoms with Crippen LogP contribution in [0.3, 0.4) is 0 Å². The maximum absolute atomic E-state index is 11.9. The average molecular weight is 204 g/mol. The van der Waals surface area contributed by atoms with Gasteiger partial charge in [-0.1, -0.05) is 26.0 Å². The first-order valence-electron chi connectivity index (χ1n) is 5.24. The molecule has 1 aliphatic heterocycles. The van der Waals surface area contributed by atoms with Crippen molar-refractivity contribution in [3.63, 3.8) is 0 Å². The molecule has 3 nitrogen and oxygen atoms in total. The molecule has 0 spiro atoms. The number of likely N-dealkylation sites (N-methyl/N-ethyl adjacent to an activating group) is 1. The highest BCUT2D eigenvalue weighted by atomic mass is 16.2. The molecule has 1 heterocycles. The summed E-state index contributed by atoms with van der Waals surface area (Å²) in [6.45, 7) is 4.13. The monoisotopic (exact) mass is 204 g/mol. The molecule has 0 fully saturated rings. The molecule has 2 rings (SSSR count). The molecule has 15 heavy (non-hydrogen) atoms. The Morgan fingerprint density at radius 3 is 2.67 bits per heavy atom. The van der Waals surface area contributed by atoms with Gasteiger partial charge in [-0.05, 0) is 18.1 Å². The molecule has 3 heteroatoms. The molecule has 1 atom stereocenters. The summed E-state index contributed by atoms with van der Waals surface area (Å²) < 4.78 is 0. The van der Waals surface area contributed by atoms with Crippen molar-refractivity contribution >= 4 is 17.3 Å². The van der Waals surface area contributed by atoms with Crippen LogP contribution in [0.2, 0.25) is 0 Å². The Morgan fingerprint density at radius 1 is 1.33 bits per heavy atom. The van der Waals surface area contributed by atoms with E-state index < -0.39 is 0 Å². The van der Waals surface area contributed by atoms with Crippen LogP contribution in [0.4, 0.5) is 11.4 Å². The lowest BCUT2D eigenvalue weighted by molar-refractivity contribution is -0.118. The van der Waals surface area contributed by atoms with Gasteiger partial charge in [-0.25, -0.2) is 0 Å². The lowest BCUT2D eigenvalue weighted by Gasteiger charge is -2.37. The number of hydrogen-bond acceptors (Lipinski definition) is 2. The summed E-state index contributed by atoms with van der Waals surface area (Å²) in [5, 5.41) is 2.94. The van der Waals surface area contributed by atoms with Crippen LogP contribution in [0.5, 0.6) is 0 Å². The van der Waals surface area contributed by atoms with Crippen molar-refractivity contribution in [2.75, 3.05) is 17.3 Å². The van der Waals surface area contributed by atoms with Crippen LogP contribution >= 0.6 is 0 Å². The molecule has 1 aliphatic rings.